The Balaban J connectivity index is 2.51. The summed E-state index contributed by atoms with van der Waals surface area (Å²) >= 11 is 11.6. The minimum absolute atomic E-state index is 0.178. The third-order valence-electron chi connectivity index (χ3n) is 2.94. The summed E-state index contributed by atoms with van der Waals surface area (Å²) in [7, 11) is 1.98. The molecule has 0 aliphatic rings. The van der Waals surface area contributed by atoms with Crippen LogP contribution in [0.3, 0.4) is 0 Å². The zero-order valence-corrected chi connectivity index (χ0v) is 13.7. The van der Waals surface area contributed by atoms with Crippen LogP contribution in [-0.4, -0.2) is 7.05 Å². The van der Waals surface area contributed by atoms with Crippen LogP contribution in [0.4, 0.5) is 0 Å². The smallest absolute Gasteiger partial charge is 0.0683 e. The fourth-order valence-corrected chi connectivity index (χ4v) is 4.24. The van der Waals surface area contributed by atoms with Gasteiger partial charge in [-0.25, -0.2) is 0 Å². The molecule has 0 radical (unpaired) electrons. The van der Waals surface area contributed by atoms with Crippen molar-refractivity contribution >= 4 is 38.9 Å². The highest BCUT2D eigenvalue weighted by molar-refractivity contribution is 9.10. The highest BCUT2D eigenvalue weighted by atomic mass is 79.9. The van der Waals surface area contributed by atoms with Crippen LogP contribution in [-0.2, 0) is 0 Å². The number of hydrogen-bond acceptors (Lipinski definition) is 2. The predicted octanol–water partition coefficient (Wildman–Crippen LogP) is 5.09. The lowest BCUT2D eigenvalue weighted by atomic mass is 10.0. The van der Waals surface area contributed by atoms with Gasteiger partial charge in [0, 0.05) is 19.2 Å². The van der Waals surface area contributed by atoms with Gasteiger partial charge in [-0.15, -0.1) is 11.3 Å². The Labute approximate surface area is 125 Å². The number of thiophene rings is 1. The number of aryl methyl sites for hydroxylation is 2. The first kappa shape index (κ1) is 14.1. The number of nitrogens with one attached hydrogen (secondary N) is 1. The van der Waals surface area contributed by atoms with Gasteiger partial charge in [0.15, 0.2) is 0 Å². The monoisotopic (exact) mass is 343 g/mol. The van der Waals surface area contributed by atoms with Crippen LogP contribution in [0.5, 0.6) is 0 Å². The molecule has 0 bridgehead atoms. The van der Waals surface area contributed by atoms with Crippen molar-refractivity contribution in [1.29, 1.82) is 0 Å². The minimum Gasteiger partial charge on any atom is -0.309 e. The van der Waals surface area contributed by atoms with Crippen LogP contribution in [0.2, 0.25) is 5.02 Å². The van der Waals surface area contributed by atoms with Gasteiger partial charge in [-0.1, -0.05) is 17.7 Å². The summed E-state index contributed by atoms with van der Waals surface area (Å²) in [4.78, 5) is 2.59. The van der Waals surface area contributed by atoms with Crippen LogP contribution in [0.1, 0.15) is 26.9 Å². The van der Waals surface area contributed by atoms with E-state index in [9.17, 15) is 0 Å². The van der Waals surface area contributed by atoms with E-state index in [1.165, 1.54) is 20.9 Å². The summed E-state index contributed by atoms with van der Waals surface area (Å²) in [6, 6.07) is 8.37. The highest BCUT2D eigenvalue weighted by Gasteiger charge is 2.19. The summed E-state index contributed by atoms with van der Waals surface area (Å²) in [5.41, 5.74) is 2.48. The topological polar surface area (TPSA) is 12.0 Å². The van der Waals surface area contributed by atoms with Gasteiger partial charge in [0.25, 0.3) is 0 Å². The van der Waals surface area contributed by atoms with Crippen molar-refractivity contribution in [1.82, 2.24) is 5.32 Å². The second-order valence-electron chi connectivity index (χ2n) is 4.29. The first-order chi connectivity index (χ1) is 8.52. The van der Waals surface area contributed by atoms with Crippen molar-refractivity contribution in [2.24, 2.45) is 0 Å². The molecule has 1 aromatic heterocycles. The summed E-state index contributed by atoms with van der Waals surface area (Å²) in [5, 5.41) is 4.16. The Morgan fingerprint density at radius 3 is 2.56 bits per heavy atom. The second-order valence-corrected chi connectivity index (χ2v) is 6.87. The summed E-state index contributed by atoms with van der Waals surface area (Å²) < 4.78 is 1.16. The van der Waals surface area contributed by atoms with Gasteiger partial charge < -0.3 is 5.32 Å². The van der Waals surface area contributed by atoms with E-state index in [0.29, 0.717) is 0 Å². The lowest BCUT2D eigenvalue weighted by Gasteiger charge is -2.18. The summed E-state index contributed by atoms with van der Waals surface area (Å²) in [6.45, 7) is 4.24. The van der Waals surface area contributed by atoms with Gasteiger partial charge in [0.05, 0.1) is 6.04 Å². The van der Waals surface area contributed by atoms with Crippen molar-refractivity contribution in [3.05, 3.63) is 54.6 Å². The average Bonchev–Trinajstić information content (AvgIpc) is 2.64. The zero-order chi connectivity index (χ0) is 13.3. The molecule has 1 atom stereocenters. The summed E-state index contributed by atoms with van der Waals surface area (Å²) in [6.07, 6.45) is 0. The fourth-order valence-electron chi connectivity index (χ4n) is 2.05. The second kappa shape index (κ2) is 5.74. The Morgan fingerprint density at radius 2 is 2.00 bits per heavy atom. The first-order valence-electron chi connectivity index (χ1n) is 5.72. The van der Waals surface area contributed by atoms with Crippen LogP contribution in [0.15, 0.2) is 28.7 Å². The van der Waals surface area contributed by atoms with Gasteiger partial charge in [0.1, 0.15) is 0 Å². The lowest BCUT2D eigenvalue weighted by Crippen LogP contribution is -2.18. The van der Waals surface area contributed by atoms with Crippen LogP contribution >= 0.6 is 38.9 Å². The first-order valence-corrected chi connectivity index (χ1v) is 7.71. The van der Waals surface area contributed by atoms with Gasteiger partial charge in [0.2, 0.25) is 0 Å². The fraction of sp³-hybridized carbons (Fsp3) is 0.286. The Bertz CT molecular complexity index is 565. The van der Waals surface area contributed by atoms with E-state index >= 15 is 0 Å². The molecule has 1 N–H and O–H groups in total. The number of hydrogen-bond donors (Lipinski definition) is 1. The zero-order valence-electron chi connectivity index (χ0n) is 10.6. The van der Waals surface area contributed by atoms with Gasteiger partial charge in [-0.2, -0.15) is 0 Å². The van der Waals surface area contributed by atoms with Crippen molar-refractivity contribution in [2.45, 2.75) is 19.9 Å². The molecule has 1 heterocycles. The predicted molar refractivity (Wildman–Crippen MR) is 83.8 cm³/mol. The number of rotatable bonds is 3. The molecular formula is C14H15BrClNS. The largest absolute Gasteiger partial charge is 0.309 e. The standard InChI is InChI=1S/C14H15BrClNS/c1-8-4-5-10(16)7-11(8)13(17-3)14-12(15)6-9(2)18-14/h4-7,13,17H,1-3H3. The molecule has 0 spiro atoms. The van der Waals surface area contributed by atoms with E-state index in [0.717, 1.165) is 9.50 Å². The third-order valence-corrected chi connectivity index (χ3v) is 5.21. The molecule has 96 valence electrons. The quantitative estimate of drug-likeness (QED) is 0.818. The van der Waals surface area contributed by atoms with E-state index < -0.39 is 0 Å². The molecule has 0 aliphatic carbocycles. The molecule has 2 aromatic rings. The maximum atomic E-state index is 6.11. The van der Waals surface area contributed by atoms with E-state index in [1.54, 1.807) is 11.3 Å². The molecule has 2 rings (SSSR count). The molecule has 1 aromatic carbocycles. The van der Waals surface area contributed by atoms with Crippen molar-refractivity contribution in [3.63, 3.8) is 0 Å². The van der Waals surface area contributed by atoms with Crippen LogP contribution in [0.25, 0.3) is 0 Å². The summed E-state index contributed by atoms with van der Waals surface area (Å²) in [5.74, 6) is 0. The maximum absolute atomic E-state index is 6.11. The van der Waals surface area contributed by atoms with Crippen LogP contribution in [0, 0.1) is 13.8 Å². The average molecular weight is 345 g/mol. The maximum Gasteiger partial charge on any atom is 0.0683 e. The molecular weight excluding hydrogens is 330 g/mol. The molecule has 0 saturated heterocycles. The minimum atomic E-state index is 0.178. The van der Waals surface area contributed by atoms with Crippen molar-refractivity contribution < 1.29 is 0 Å². The third kappa shape index (κ3) is 2.80. The van der Waals surface area contributed by atoms with Gasteiger partial charge in [-0.05, 0) is 66.2 Å². The normalized spacial score (nSPS) is 12.7. The SMILES string of the molecule is CNC(c1cc(Cl)ccc1C)c1sc(C)cc1Br. The van der Waals surface area contributed by atoms with Gasteiger partial charge >= 0.3 is 0 Å². The lowest BCUT2D eigenvalue weighted by molar-refractivity contribution is 0.697. The molecule has 0 amide bonds. The van der Waals surface area contributed by atoms with E-state index in [1.807, 2.05) is 19.2 Å². The van der Waals surface area contributed by atoms with E-state index in [-0.39, 0.29) is 6.04 Å². The molecule has 18 heavy (non-hydrogen) atoms. The van der Waals surface area contributed by atoms with Crippen molar-refractivity contribution in [3.8, 4) is 0 Å². The van der Waals surface area contributed by atoms with Gasteiger partial charge in [-0.3, -0.25) is 0 Å². The molecule has 0 fully saturated rings. The van der Waals surface area contributed by atoms with Crippen molar-refractivity contribution in [2.75, 3.05) is 7.05 Å². The number of halogens is 2. The molecule has 4 heteroatoms. The number of benzene rings is 1. The highest BCUT2D eigenvalue weighted by Crippen LogP contribution is 2.37. The Kier molecular flexibility index (Phi) is 4.49. The van der Waals surface area contributed by atoms with E-state index in [4.69, 9.17) is 11.6 Å². The Morgan fingerprint density at radius 1 is 1.28 bits per heavy atom. The molecule has 0 aliphatic heterocycles. The van der Waals surface area contributed by atoms with Crippen LogP contribution < -0.4 is 5.32 Å². The Hall–Kier alpha value is -0.350. The molecule has 0 saturated carbocycles. The van der Waals surface area contributed by atoms with E-state index in [2.05, 4.69) is 47.2 Å². The molecule has 1 unspecified atom stereocenters. The molecule has 1 nitrogen and oxygen atoms in total.